The zero-order valence-electron chi connectivity index (χ0n) is 15.4. The standard InChI is InChI=1S/C20H17BrN4O3S/c21-13-5-6-14-17(11-13)29-19(22-14)24-9-7-23(8-10-24)18(26)12-25-15-3-1-2-4-16(15)28-20(25)27/h1-6,11H,7-10,12H2. The van der Waals surface area contributed by atoms with Crippen molar-refractivity contribution >= 4 is 59.6 Å². The molecule has 0 unspecified atom stereocenters. The molecule has 0 bridgehead atoms. The molecule has 29 heavy (non-hydrogen) atoms. The summed E-state index contributed by atoms with van der Waals surface area (Å²) in [5, 5.41) is 0.974. The van der Waals surface area contributed by atoms with Gasteiger partial charge in [0.25, 0.3) is 0 Å². The fraction of sp³-hybridized carbons (Fsp3) is 0.250. The largest absolute Gasteiger partial charge is 0.420 e. The van der Waals surface area contributed by atoms with Crippen molar-refractivity contribution in [2.45, 2.75) is 6.54 Å². The number of benzene rings is 2. The molecule has 1 amide bonds. The first-order valence-electron chi connectivity index (χ1n) is 9.26. The number of anilines is 1. The van der Waals surface area contributed by atoms with Gasteiger partial charge in [0.2, 0.25) is 5.91 Å². The predicted molar refractivity (Wildman–Crippen MR) is 117 cm³/mol. The van der Waals surface area contributed by atoms with Crippen molar-refractivity contribution in [1.82, 2.24) is 14.5 Å². The van der Waals surface area contributed by atoms with Gasteiger partial charge in [-0.25, -0.2) is 9.78 Å². The van der Waals surface area contributed by atoms with Crippen LogP contribution in [0.5, 0.6) is 0 Å². The molecule has 0 spiro atoms. The number of hydrogen-bond donors (Lipinski definition) is 0. The third-order valence-electron chi connectivity index (χ3n) is 5.11. The molecule has 1 saturated heterocycles. The molecule has 0 atom stereocenters. The number of fused-ring (bicyclic) bond motifs is 2. The van der Waals surface area contributed by atoms with E-state index in [1.165, 1.54) is 4.57 Å². The van der Waals surface area contributed by atoms with Gasteiger partial charge in [-0.2, -0.15) is 0 Å². The molecule has 2 aromatic carbocycles. The Balaban J connectivity index is 1.27. The average Bonchev–Trinajstić information content (AvgIpc) is 3.29. The Labute approximate surface area is 178 Å². The highest BCUT2D eigenvalue weighted by Gasteiger charge is 2.24. The minimum Gasteiger partial charge on any atom is -0.408 e. The van der Waals surface area contributed by atoms with Gasteiger partial charge in [-0.15, -0.1) is 0 Å². The van der Waals surface area contributed by atoms with Crippen molar-refractivity contribution in [2.75, 3.05) is 31.1 Å². The van der Waals surface area contributed by atoms with Crippen molar-refractivity contribution in [1.29, 1.82) is 0 Å². The summed E-state index contributed by atoms with van der Waals surface area (Å²) in [4.78, 5) is 33.6. The second-order valence-electron chi connectivity index (χ2n) is 6.90. The first-order chi connectivity index (χ1) is 14.1. The number of aromatic nitrogens is 2. The first-order valence-corrected chi connectivity index (χ1v) is 10.9. The van der Waals surface area contributed by atoms with Gasteiger partial charge in [0, 0.05) is 30.7 Å². The summed E-state index contributed by atoms with van der Waals surface area (Å²) in [7, 11) is 0. The van der Waals surface area contributed by atoms with Crippen molar-refractivity contribution < 1.29 is 9.21 Å². The number of halogens is 1. The Hall–Kier alpha value is -2.65. The molecule has 4 aromatic rings. The molecule has 0 aliphatic carbocycles. The predicted octanol–water partition coefficient (Wildman–Crippen LogP) is 3.32. The van der Waals surface area contributed by atoms with Gasteiger partial charge >= 0.3 is 5.76 Å². The number of piperazine rings is 1. The van der Waals surface area contributed by atoms with Gasteiger partial charge in [-0.3, -0.25) is 9.36 Å². The summed E-state index contributed by atoms with van der Waals surface area (Å²) in [5.74, 6) is -0.578. The van der Waals surface area contributed by atoms with Gasteiger partial charge in [0.05, 0.1) is 15.7 Å². The minimum absolute atomic E-state index is 0.00892. The first kappa shape index (κ1) is 18.4. The Morgan fingerprint density at radius 1 is 1.14 bits per heavy atom. The summed E-state index contributed by atoms with van der Waals surface area (Å²) < 4.78 is 8.79. The van der Waals surface area contributed by atoms with E-state index in [4.69, 9.17) is 9.40 Å². The van der Waals surface area contributed by atoms with Crippen LogP contribution in [0, 0.1) is 0 Å². The Morgan fingerprint density at radius 2 is 1.93 bits per heavy atom. The average molecular weight is 473 g/mol. The number of nitrogens with zero attached hydrogens (tertiary/aromatic N) is 4. The number of carbonyl (C=O) groups excluding carboxylic acids is 1. The number of carbonyl (C=O) groups is 1. The van der Waals surface area contributed by atoms with E-state index >= 15 is 0 Å². The molecular weight excluding hydrogens is 456 g/mol. The quantitative estimate of drug-likeness (QED) is 0.457. The molecule has 148 valence electrons. The van der Waals surface area contributed by atoms with Crippen molar-refractivity contribution in [3.8, 4) is 0 Å². The van der Waals surface area contributed by atoms with Gasteiger partial charge < -0.3 is 14.2 Å². The van der Waals surface area contributed by atoms with Crippen LogP contribution >= 0.6 is 27.3 Å². The van der Waals surface area contributed by atoms with Crippen LogP contribution in [-0.2, 0) is 11.3 Å². The fourth-order valence-electron chi connectivity index (χ4n) is 3.57. The van der Waals surface area contributed by atoms with Crippen LogP contribution in [0.15, 0.2) is 56.1 Å². The third-order valence-corrected chi connectivity index (χ3v) is 6.68. The zero-order valence-corrected chi connectivity index (χ0v) is 17.8. The number of thiazole rings is 1. The van der Waals surface area contributed by atoms with E-state index < -0.39 is 5.76 Å². The molecule has 1 aliphatic rings. The lowest BCUT2D eigenvalue weighted by atomic mass is 10.3. The summed E-state index contributed by atoms with van der Waals surface area (Å²) in [5.41, 5.74) is 2.13. The molecule has 2 aromatic heterocycles. The monoisotopic (exact) mass is 472 g/mol. The second-order valence-corrected chi connectivity index (χ2v) is 8.82. The molecule has 0 N–H and O–H groups in total. The number of para-hydroxylation sites is 2. The zero-order chi connectivity index (χ0) is 20.0. The maximum absolute atomic E-state index is 12.8. The lowest BCUT2D eigenvalue weighted by Gasteiger charge is -2.34. The van der Waals surface area contributed by atoms with Gasteiger partial charge in [-0.05, 0) is 30.3 Å². The van der Waals surface area contributed by atoms with Crippen LogP contribution in [0.3, 0.4) is 0 Å². The molecule has 0 radical (unpaired) electrons. The molecular formula is C20H17BrN4O3S. The molecule has 1 aliphatic heterocycles. The van der Waals surface area contributed by atoms with Crippen molar-refractivity contribution in [2.24, 2.45) is 0 Å². The minimum atomic E-state index is -0.501. The molecule has 5 rings (SSSR count). The van der Waals surface area contributed by atoms with Crippen LogP contribution < -0.4 is 10.7 Å². The van der Waals surface area contributed by atoms with Crippen LogP contribution in [0.2, 0.25) is 0 Å². The molecule has 0 saturated carbocycles. The van der Waals surface area contributed by atoms with E-state index in [1.807, 2.05) is 18.2 Å². The molecule has 9 heteroatoms. The Kier molecular flexibility index (Phi) is 4.63. The summed E-state index contributed by atoms with van der Waals surface area (Å²) in [6.07, 6.45) is 0. The Bertz CT molecular complexity index is 1270. The van der Waals surface area contributed by atoms with E-state index in [0.29, 0.717) is 37.3 Å². The topological polar surface area (TPSA) is 71.6 Å². The maximum atomic E-state index is 12.8. The normalized spacial score (nSPS) is 14.8. The van der Waals surface area contributed by atoms with E-state index in [2.05, 4.69) is 26.9 Å². The van der Waals surface area contributed by atoms with Gasteiger partial charge in [-0.1, -0.05) is 39.4 Å². The number of oxazole rings is 1. The van der Waals surface area contributed by atoms with Gasteiger partial charge in [0.15, 0.2) is 10.7 Å². The summed E-state index contributed by atoms with van der Waals surface area (Å²) >= 11 is 5.15. The van der Waals surface area contributed by atoms with Gasteiger partial charge in [0.1, 0.15) is 6.54 Å². The highest BCUT2D eigenvalue weighted by Crippen LogP contribution is 2.31. The van der Waals surface area contributed by atoms with Crippen molar-refractivity contribution in [3.05, 3.63) is 57.5 Å². The lowest BCUT2D eigenvalue weighted by Crippen LogP contribution is -2.50. The third kappa shape index (κ3) is 3.44. The van der Waals surface area contributed by atoms with Crippen LogP contribution in [-0.4, -0.2) is 46.5 Å². The van der Waals surface area contributed by atoms with Crippen LogP contribution in [0.25, 0.3) is 21.3 Å². The second kappa shape index (κ2) is 7.31. The van der Waals surface area contributed by atoms with E-state index in [0.717, 1.165) is 19.8 Å². The lowest BCUT2D eigenvalue weighted by molar-refractivity contribution is -0.132. The highest BCUT2D eigenvalue weighted by molar-refractivity contribution is 9.10. The Morgan fingerprint density at radius 3 is 2.76 bits per heavy atom. The summed E-state index contributed by atoms with van der Waals surface area (Å²) in [6.45, 7) is 2.62. The maximum Gasteiger partial charge on any atom is 0.420 e. The smallest absolute Gasteiger partial charge is 0.408 e. The number of rotatable bonds is 3. The molecule has 3 heterocycles. The number of amides is 1. The molecule has 7 nitrogen and oxygen atoms in total. The van der Waals surface area contributed by atoms with Crippen LogP contribution in [0.4, 0.5) is 5.13 Å². The van der Waals surface area contributed by atoms with E-state index in [1.54, 1.807) is 34.4 Å². The SMILES string of the molecule is O=C(Cn1c(=O)oc2ccccc21)N1CCN(c2nc3ccc(Br)cc3s2)CC1. The van der Waals surface area contributed by atoms with Crippen molar-refractivity contribution in [3.63, 3.8) is 0 Å². The van der Waals surface area contributed by atoms with E-state index in [-0.39, 0.29) is 12.5 Å². The summed E-state index contributed by atoms with van der Waals surface area (Å²) in [6, 6.07) is 13.2. The highest BCUT2D eigenvalue weighted by atomic mass is 79.9. The number of hydrogen-bond acceptors (Lipinski definition) is 6. The van der Waals surface area contributed by atoms with E-state index in [9.17, 15) is 9.59 Å². The molecule has 1 fully saturated rings. The van der Waals surface area contributed by atoms with Crippen LogP contribution in [0.1, 0.15) is 0 Å². The fourth-order valence-corrected chi connectivity index (χ4v) is 5.14.